The molecule has 2 atom stereocenters. The third kappa shape index (κ3) is 3.29. The second-order valence-electron chi connectivity index (χ2n) is 5.69. The van der Waals surface area contributed by atoms with Crippen LogP contribution in [0.2, 0.25) is 0 Å². The summed E-state index contributed by atoms with van der Waals surface area (Å²) >= 11 is 0. The molecular weight excluding hydrogens is 254 g/mol. The Morgan fingerprint density at radius 3 is 2.85 bits per heavy atom. The van der Waals surface area contributed by atoms with Gasteiger partial charge in [-0.05, 0) is 36.5 Å². The van der Waals surface area contributed by atoms with Crippen molar-refractivity contribution in [3.05, 3.63) is 34.9 Å². The summed E-state index contributed by atoms with van der Waals surface area (Å²) in [7, 11) is 0. The quantitative estimate of drug-likeness (QED) is 0.336. The minimum Gasteiger partial charge on any atom is -0.409 e. The van der Waals surface area contributed by atoms with Crippen LogP contribution in [0.4, 0.5) is 0 Å². The maximum atomic E-state index is 9.76. The normalized spacial score (nSPS) is 24.9. The number of oxime groups is 1. The number of aliphatic hydroxyl groups excluding tert-OH is 1. The van der Waals surface area contributed by atoms with E-state index in [1.54, 1.807) is 0 Å². The summed E-state index contributed by atoms with van der Waals surface area (Å²) in [5.41, 5.74) is 8.70. The standard InChI is InChI=1S/C15H23N3O2/c1-10-7-12(15(16)17-20)3-4-13(10)9-18-6-5-14(19)11(2)8-18/h3-4,7,11,14,19-20H,5-6,8-9H2,1-2H3,(H2,16,17). The third-order valence-corrected chi connectivity index (χ3v) is 4.08. The Morgan fingerprint density at radius 2 is 2.25 bits per heavy atom. The Bertz CT molecular complexity index is 502. The molecular formula is C15H23N3O2. The van der Waals surface area contributed by atoms with Gasteiger partial charge in [0.1, 0.15) is 0 Å². The molecule has 0 bridgehead atoms. The average Bonchev–Trinajstić information content (AvgIpc) is 2.44. The van der Waals surface area contributed by atoms with Crippen LogP contribution in [0.1, 0.15) is 30.0 Å². The summed E-state index contributed by atoms with van der Waals surface area (Å²) in [6, 6.07) is 5.84. The van der Waals surface area contributed by atoms with Gasteiger partial charge in [-0.3, -0.25) is 4.90 Å². The van der Waals surface area contributed by atoms with Gasteiger partial charge in [-0.25, -0.2) is 0 Å². The highest BCUT2D eigenvalue weighted by atomic mass is 16.4. The van der Waals surface area contributed by atoms with Crippen LogP contribution in [-0.4, -0.2) is 40.2 Å². The molecule has 0 amide bonds. The lowest BCUT2D eigenvalue weighted by Gasteiger charge is -2.34. The van der Waals surface area contributed by atoms with Crippen molar-refractivity contribution in [2.75, 3.05) is 13.1 Å². The fraction of sp³-hybridized carbons (Fsp3) is 0.533. The second-order valence-corrected chi connectivity index (χ2v) is 5.69. The molecule has 1 saturated heterocycles. The molecule has 0 radical (unpaired) electrons. The predicted octanol–water partition coefficient (Wildman–Crippen LogP) is 1.29. The number of aryl methyl sites for hydroxylation is 1. The van der Waals surface area contributed by atoms with E-state index in [0.29, 0.717) is 5.92 Å². The Hall–Kier alpha value is -1.59. The molecule has 110 valence electrons. The zero-order valence-corrected chi connectivity index (χ0v) is 12.1. The molecule has 1 aliphatic heterocycles. The van der Waals surface area contributed by atoms with Crippen molar-refractivity contribution in [2.24, 2.45) is 16.8 Å². The Labute approximate surface area is 119 Å². The molecule has 1 aromatic carbocycles. The summed E-state index contributed by atoms with van der Waals surface area (Å²) in [6.07, 6.45) is 0.665. The molecule has 5 nitrogen and oxygen atoms in total. The largest absolute Gasteiger partial charge is 0.409 e. The van der Waals surface area contributed by atoms with Crippen molar-refractivity contribution in [1.29, 1.82) is 0 Å². The van der Waals surface area contributed by atoms with E-state index < -0.39 is 0 Å². The van der Waals surface area contributed by atoms with Crippen molar-refractivity contribution in [3.8, 4) is 0 Å². The van der Waals surface area contributed by atoms with Crippen LogP contribution in [0.15, 0.2) is 23.4 Å². The first-order chi connectivity index (χ1) is 9.51. The summed E-state index contributed by atoms with van der Waals surface area (Å²) < 4.78 is 0. The van der Waals surface area contributed by atoms with Crippen LogP contribution in [0.3, 0.4) is 0 Å². The zero-order chi connectivity index (χ0) is 14.7. The van der Waals surface area contributed by atoms with Crippen molar-refractivity contribution in [2.45, 2.75) is 32.9 Å². The molecule has 20 heavy (non-hydrogen) atoms. The van der Waals surface area contributed by atoms with Crippen LogP contribution in [0.5, 0.6) is 0 Å². The van der Waals surface area contributed by atoms with Gasteiger partial charge in [-0.1, -0.05) is 24.2 Å². The van der Waals surface area contributed by atoms with E-state index in [1.807, 2.05) is 25.1 Å². The number of nitrogens with zero attached hydrogens (tertiary/aromatic N) is 2. The van der Waals surface area contributed by atoms with Crippen molar-refractivity contribution < 1.29 is 10.3 Å². The highest BCUT2D eigenvalue weighted by Gasteiger charge is 2.24. The van der Waals surface area contributed by atoms with Crippen LogP contribution < -0.4 is 5.73 Å². The van der Waals surface area contributed by atoms with Gasteiger partial charge in [-0.2, -0.15) is 0 Å². The lowest BCUT2D eigenvalue weighted by Crippen LogP contribution is -2.41. The van der Waals surface area contributed by atoms with E-state index in [-0.39, 0.29) is 11.9 Å². The van der Waals surface area contributed by atoms with Crippen LogP contribution >= 0.6 is 0 Å². The molecule has 1 aromatic rings. The van der Waals surface area contributed by atoms with Crippen LogP contribution in [0.25, 0.3) is 0 Å². The lowest BCUT2D eigenvalue weighted by atomic mass is 9.95. The molecule has 2 rings (SSSR count). The predicted molar refractivity (Wildman–Crippen MR) is 78.8 cm³/mol. The Balaban J connectivity index is 2.07. The molecule has 1 heterocycles. The molecule has 1 aliphatic rings. The third-order valence-electron chi connectivity index (χ3n) is 4.08. The molecule has 0 spiro atoms. The maximum absolute atomic E-state index is 9.76. The molecule has 1 fully saturated rings. The van der Waals surface area contributed by atoms with Gasteiger partial charge < -0.3 is 16.0 Å². The fourth-order valence-corrected chi connectivity index (χ4v) is 2.69. The van der Waals surface area contributed by atoms with Gasteiger partial charge in [0, 0.05) is 25.2 Å². The summed E-state index contributed by atoms with van der Waals surface area (Å²) in [4.78, 5) is 2.36. The first-order valence-electron chi connectivity index (χ1n) is 6.99. The van der Waals surface area contributed by atoms with Gasteiger partial charge >= 0.3 is 0 Å². The number of benzene rings is 1. The van der Waals surface area contributed by atoms with E-state index in [9.17, 15) is 5.11 Å². The SMILES string of the molecule is Cc1cc(/C(N)=N/O)ccc1CN1CCC(O)C(C)C1. The Kier molecular flexibility index (Phi) is 4.62. The summed E-state index contributed by atoms with van der Waals surface area (Å²) in [6.45, 7) is 6.84. The smallest absolute Gasteiger partial charge is 0.170 e. The van der Waals surface area contributed by atoms with Crippen LogP contribution in [0, 0.1) is 12.8 Å². The van der Waals surface area contributed by atoms with E-state index >= 15 is 0 Å². The number of amidine groups is 1. The molecule has 2 unspecified atom stereocenters. The number of piperidine rings is 1. The van der Waals surface area contributed by atoms with Crippen LogP contribution in [-0.2, 0) is 6.54 Å². The second kappa shape index (κ2) is 6.24. The minimum absolute atomic E-state index is 0.134. The number of nitrogens with two attached hydrogens (primary N) is 1. The fourth-order valence-electron chi connectivity index (χ4n) is 2.69. The highest BCUT2D eigenvalue weighted by Crippen LogP contribution is 2.20. The van der Waals surface area contributed by atoms with E-state index in [0.717, 1.165) is 37.2 Å². The number of likely N-dealkylation sites (tertiary alicyclic amines) is 1. The molecule has 0 saturated carbocycles. The zero-order valence-electron chi connectivity index (χ0n) is 12.1. The van der Waals surface area contributed by atoms with E-state index in [2.05, 4.69) is 17.0 Å². The number of rotatable bonds is 3. The Morgan fingerprint density at radius 1 is 1.50 bits per heavy atom. The number of hydrogen-bond acceptors (Lipinski definition) is 4. The first-order valence-corrected chi connectivity index (χ1v) is 6.99. The van der Waals surface area contributed by atoms with E-state index in [1.165, 1.54) is 5.56 Å². The average molecular weight is 277 g/mol. The summed E-state index contributed by atoms with van der Waals surface area (Å²) in [5.74, 6) is 0.454. The molecule has 4 N–H and O–H groups in total. The van der Waals surface area contributed by atoms with Crippen molar-refractivity contribution in [1.82, 2.24) is 4.90 Å². The van der Waals surface area contributed by atoms with E-state index in [4.69, 9.17) is 10.9 Å². The summed E-state index contributed by atoms with van der Waals surface area (Å²) in [5, 5.41) is 21.5. The number of hydrogen-bond donors (Lipinski definition) is 3. The molecule has 5 heteroatoms. The highest BCUT2D eigenvalue weighted by molar-refractivity contribution is 5.97. The van der Waals surface area contributed by atoms with Crippen molar-refractivity contribution >= 4 is 5.84 Å². The maximum Gasteiger partial charge on any atom is 0.170 e. The first kappa shape index (κ1) is 14.8. The lowest BCUT2D eigenvalue weighted by molar-refractivity contribution is 0.0319. The number of aliphatic hydroxyl groups is 1. The van der Waals surface area contributed by atoms with Crippen molar-refractivity contribution in [3.63, 3.8) is 0 Å². The van der Waals surface area contributed by atoms with Gasteiger partial charge in [-0.15, -0.1) is 0 Å². The minimum atomic E-state index is -0.171. The van der Waals surface area contributed by atoms with Gasteiger partial charge in [0.05, 0.1) is 6.10 Å². The van der Waals surface area contributed by atoms with Gasteiger partial charge in [0.25, 0.3) is 0 Å². The van der Waals surface area contributed by atoms with Gasteiger partial charge in [0.2, 0.25) is 0 Å². The molecule has 0 aliphatic carbocycles. The monoisotopic (exact) mass is 277 g/mol. The topological polar surface area (TPSA) is 82.1 Å². The molecule has 0 aromatic heterocycles. The van der Waals surface area contributed by atoms with Gasteiger partial charge in [0.15, 0.2) is 5.84 Å².